The minimum Gasteiger partial charge on any atom is -0.338 e. The Balaban J connectivity index is 1.55. The number of nitrogens with one attached hydrogen (secondary N) is 1. The molecule has 138 valence electrons. The average molecular weight is 367 g/mol. The fourth-order valence-corrected chi connectivity index (χ4v) is 4.00. The monoisotopic (exact) mass is 367 g/mol. The van der Waals surface area contributed by atoms with Gasteiger partial charge in [0.25, 0.3) is 0 Å². The molecule has 5 heteroatoms. The van der Waals surface area contributed by atoms with E-state index in [0.29, 0.717) is 6.04 Å². The van der Waals surface area contributed by atoms with E-state index in [4.69, 9.17) is 4.98 Å². The summed E-state index contributed by atoms with van der Waals surface area (Å²) < 4.78 is 0. The minimum atomic E-state index is 0.360. The molecular weight excluding hydrogens is 346 g/mol. The first-order chi connectivity index (χ1) is 13.7. The van der Waals surface area contributed by atoms with Crippen molar-refractivity contribution in [3.05, 3.63) is 78.2 Å². The van der Waals surface area contributed by atoms with Crippen LogP contribution in [0.25, 0.3) is 10.9 Å². The van der Waals surface area contributed by atoms with E-state index in [1.165, 1.54) is 11.3 Å². The third-order valence-electron chi connectivity index (χ3n) is 5.17. The molecule has 0 saturated carbocycles. The van der Waals surface area contributed by atoms with Crippen LogP contribution in [0.5, 0.6) is 0 Å². The molecule has 5 rings (SSSR count). The zero-order chi connectivity index (χ0) is 19.1. The summed E-state index contributed by atoms with van der Waals surface area (Å²) in [4.78, 5) is 16.2. The second-order valence-electron chi connectivity index (χ2n) is 7.22. The molecule has 4 aromatic rings. The van der Waals surface area contributed by atoms with Crippen LogP contribution in [-0.2, 0) is 6.42 Å². The minimum absolute atomic E-state index is 0.360. The maximum Gasteiger partial charge on any atom is 0.139 e. The standard InChI is InChI=1S/C23H21N5/c1-15-13-18-7-3-4-11-20(18)28(15)22-14-21(25-16(2)26-22)27-19-10-5-8-17-9-6-12-24-23(17)19/h3-12,14-15H,13H2,1-2H3,(H,25,26,27). The molecule has 1 aliphatic heterocycles. The number of aromatic nitrogens is 3. The average Bonchev–Trinajstić information content (AvgIpc) is 3.03. The lowest BCUT2D eigenvalue weighted by Gasteiger charge is -2.24. The van der Waals surface area contributed by atoms with Crippen molar-refractivity contribution >= 4 is 33.9 Å². The Kier molecular flexibility index (Phi) is 3.93. The largest absolute Gasteiger partial charge is 0.338 e. The quantitative estimate of drug-likeness (QED) is 0.542. The van der Waals surface area contributed by atoms with Gasteiger partial charge in [-0.25, -0.2) is 9.97 Å². The number of nitrogens with zero attached hydrogens (tertiary/aromatic N) is 4. The van der Waals surface area contributed by atoms with Gasteiger partial charge >= 0.3 is 0 Å². The predicted octanol–water partition coefficient (Wildman–Crippen LogP) is 5.16. The van der Waals surface area contributed by atoms with Crippen LogP contribution in [0, 0.1) is 6.92 Å². The van der Waals surface area contributed by atoms with Gasteiger partial charge < -0.3 is 10.2 Å². The van der Waals surface area contributed by atoms with Crippen LogP contribution in [0.1, 0.15) is 18.3 Å². The topological polar surface area (TPSA) is 53.9 Å². The highest BCUT2D eigenvalue weighted by molar-refractivity contribution is 5.91. The Hall–Kier alpha value is -3.47. The van der Waals surface area contributed by atoms with Crippen LogP contribution in [0.4, 0.5) is 23.0 Å². The fourth-order valence-electron chi connectivity index (χ4n) is 4.00. The van der Waals surface area contributed by atoms with E-state index in [-0.39, 0.29) is 0 Å². The Labute approximate surface area is 164 Å². The summed E-state index contributed by atoms with van der Waals surface area (Å²) in [5.41, 5.74) is 4.46. The van der Waals surface area contributed by atoms with E-state index >= 15 is 0 Å². The molecule has 0 spiro atoms. The van der Waals surface area contributed by atoms with Crippen LogP contribution in [0.3, 0.4) is 0 Å². The summed E-state index contributed by atoms with van der Waals surface area (Å²) in [7, 11) is 0. The first-order valence-corrected chi connectivity index (χ1v) is 9.52. The molecule has 0 saturated heterocycles. The van der Waals surface area contributed by atoms with Crippen molar-refractivity contribution in [3.8, 4) is 0 Å². The summed E-state index contributed by atoms with van der Waals surface area (Å²) in [5.74, 6) is 2.43. The molecule has 0 fully saturated rings. The molecule has 3 heterocycles. The van der Waals surface area contributed by atoms with Crippen molar-refractivity contribution in [2.45, 2.75) is 26.3 Å². The molecule has 1 unspecified atom stereocenters. The molecule has 0 radical (unpaired) electrons. The predicted molar refractivity (Wildman–Crippen MR) is 114 cm³/mol. The normalized spacial score (nSPS) is 15.6. The molecule has 1 aliphatic rings. The highest BCUT2D eigenvalue weighted by atomic mass is 15.2. The number of para-hydroxylation sites is 2. The summed E-state index contributed by atoms with van der Waals surface area (Å²) in [6.07, 6.45) is 2.84. The molecule has 1 atom stereocenters. The SMILES string of the molecule is Cc1nc(Nc2cccc3cccnc23)cc(N2c3ccccc3CC2C)n1. The Bertz CT molecular complexity index is 1170. The third kappa shape index (κ3) is 2.85. The summed E-state index contributed by atoms with van der Waals surface area (Å²) in [6, 6.07) is 21.1. The number of hydrogen-bond acceptors (Lipinski definition) is 5. The Morgan fingerprint density at radius 3 is 2.79 bits per heavy atom. The van der Waals surface area contributed by atoms with Crippen LogP contribution < -0.4 is 10.2 Å². The number of rotatable bonds is 3. The Morgan fingerprint density at radius 2 is 1.86 bits per heavy atom. The lowest BCUT2D eigenvalue weighted by atomic mass is 10.1. The van der Waals surface area contributed by atoms with E-state index in [0.717, 1.165) is 40.5 Å². The molecule has 0 bridgehead atoms. The molecule has 2 aromatic heterocycles. The molecular formula is C23H21N5. The molecule has 5 nitrogen and oxygen atoms in total. The number of fused-ring (bicyclic) bond motifs is 2. The second-order valence-corrected chi connectivity index (χ2v) is 7.22. The summed E-state index contributed by atoms with van der Waals surface area (Å²) in [5, 5.41) is 4.55. The van der Waals surface area contributed by atoms with Gasteiger partial charge in [-0.05, 0) is 44.0 Å². The fraction of sp³-hybridized carbons (Fsp3) is 0.174. The summed E-state index contributed by atoms with van der Waals surface area (Å²) >= 11 is 0. The van der Waals surface area contributed by atoms with Crippen LogP contribution in [-0.4, -0.2) is 21.0 Å². The van der Waals surface area contributed by atoms with E-state index in [1.54, 1.807) is 0 Å². The highest BCUT2D eigenvalue weighted by Crippen LogP contribution is 2.38. The summed E-state index contributed by atoms with van der Waals surface area (Å²) in [6.45, 7) is 4.17. The van der Waals surface area contributed by atoms with Gasteiger partial charge in [0.05, 0.1) is 11.2 Å². The van der Waals surface area contributed by atoms with Crippen LogP contribution in [0.2, 0.25) is 0 Å². The van der Waals surface area contributed by atoms with E-state index in [1.807, 2.05) is 37.4 Å². The number of aryl methyl sites for hydroxylation is 1. The molecule has 0 amide bonds. The number of hydrogen-bond donors (Lipinski definition) is 1. The number of anilines is 4. The van der Waals surface area contributed by atoms with Gasteiger partial charge in [-0.1, -0.05) is 36.4 Å². The molecule has 2 aromatic carbocycles. The Morgan fingerprint density at radius 1 is 1.00 bits per heavy atom. The third-order valence-corrected chi connectivity index (χ3v) is 5.17. The first kappa shape index (κ1) is 16.7. The van der Waals surface area contributed by atoms with Gasteiger partial charge in [-0.15, -0.1) is 0 Å². The van der Waals surface area contributed by atoms with Crippen molar-refractivity contribution in [1.82, 2.24) is 15.0 Å². The highest BCUT2D eigenvalue weighted by Gasteiger charge is 2.28. The van der Waals surface area contributed by atoms with Gasteiger partial charge in [-0.3, -0.25) is 4.98 Å². The van der Waals surface area contributed by atoms with Crippen molar-refractivity contribution in [2.24, 2.45) is 0 Å². The first-order valence-electron chi connectivity index (χ1n) is 9.52. The van der Waals surface area contributed by atoms with Gasteiger partial charge in [0, 0.05) is 29.4 Å². The smallest absolute Gasteiger partial charge is 0.139 e. The zero-order valence-electron chi connectivity index (χ0n) is 15.9. The van der Waals surface area contributed by atoms with E-state index in [2.05, 4.69) is 63.5 Å². The van der Waals surface area contributed by atoms with Crippen molar-refractivity contribution in [3.63, 3.8) is 0 Å². The van der Waals surface area contributed by atoms with Crippen molar-refractivity contribution in [2.75, 3.05) is 10.2 Å². The van der Waals surface area contributed by atoms with Crippen molar-refractivity contribution < 1.29 is 0 Å². The second kappa shape index (κ2) is 6.60. The lowest BCUT2D eigenvalue weighted by molar-refractivity contribution is 0.747. The zero-order valence-corrected chi connectivity index (χ0v) is 15.9. The van der Waals surface area contributed by atoms with Crippen LogP contribution in [0.15, 0.2) is 66.9 Å². The van der Waals surface area contributed by atoms with Gasteiger partial charge in [0.1, 0.15) is 17.5 Å². The maximum atomic E-state index is 4.73. The van der Waals surface area contributed by atoms with E-state index < -0.39 is 0 Å². The maximum absolute atomic E-state index is 4.73. The van der Waals surface area contributed by atoms with E-state index in [9.17, 15) is 0 Å². The van der Waals surface area contributed by atoms with Gasteiger partial charge in [0.15, 0.2) is 0 Å². The number of benzene rings is 2. The molecule has 1 N–H and O–H groups in total. The van der Waals surface area contributed by atoms with Gasteiger partial charge in [0.2, 0.25) is 0 Å². The van der Waals surface area contributed by atoms with Crippen LogP contribution >= 0.6 is 0 Å². The molecule has 0 aliphatic carbocycles. The van der Waals surface area contributed by atoms with Gasteiger partial charge in [-0.2, -0.15) is 0 Å². The van der Waals surface area contributed by atoms with Crippen molar-refractivity contribution in [1.29, 1.82) is 0 Å². The molecule has 28 heavy (non-hydrogen) atoms. The number of pyridine rings is 1. The lowest BCUT2D eigenvalue weighted by Crippen LogP contribution is -2.25.